The third-order valence-corrected chi connectivity index (χ3v) is 18.9. The first kappa shape index (κ1) is 82.9. The van der Waals surface area contributed by atoms with Crippen LogP contribution < -0.4 is 5.32 Å². The van der Waals surface area contributed by atoms with Crippen LogP contribution in [0, 0.1) is 0 Å². The summed E-state index contributed by atoms with van der Waals surface area (Å²) in [5.74, 6) is 0.00186. The Morgan fingerprint density at radius 3 is 0.726 bits per heavy atom. The van der Waals surface area contributed by atoms with Gasteiger partial charge in [-0.05, 0) is 25.7 Å². The van der Waals surface area contributed by atoms with Gasteiger partial charge in [-0.3, -0.25) is 9.59 Å². The maximum absolute atomic E-state index is 12.5. The zero-order chi connectivity index (χ0) is 60.6. The molecule has 3 N–H and O–H groups in total. The summed E-state index contributed by atoms with van der Waals surface area (Å²) in [5.41, 5.74) is 0. The van der Waals surface area contributed by atoms with Gasteiger partial charge in [0.25, 0.3) is 0 Å². The Morgan fingerprint density at radius 1 is 0.286 bits per heavy atom. The number of hydrogen-bond acceptors (Lipinski definition) is 5. The second-order valence-electron chi connectivity index (χ2n) is 27.4. The van der Waals surface area contributed by atoms with E-state index >= 15 is 0 Å². The predicted molar refractivity (Wildman–Crippen MR) is 371 cm³/mol. The molecule has 0 rings (SSSR count). The topological polar surface area (TPSA) is 95.9 Å². The third kappa shape index (κ3) is 70.0. The molecule has 0 aliphatic heterocycles. The van der Waals surface area contributed by atoms with Gasteiger partial charge in [-0.15, -0.1) is 0 Å². The van der Waals surface area contributed by atoms with Crippen molar-refractivity contribution < 1.29 is 24.5 Å². The molecule has 2 atom stereocenters. The number of aliphatic hydroxyl groups is 2. The lowest BCUT2D eigenvalue weighted by Crippen LogP contribution is -2.45. The maximum Gasteiger partial charge on any atom is 0.305 e. The fraction of sp³-hybridized carbons (Fsp3) is 0.974. The van der Waals surface area contributed by atoms with Gasteiger partial charge in [0.05, 0.1) is 25.4 Å². The standard InChI is InChI=1S/C78H155NO5/c1-3-5-7-9-11-13-15-17-19-20-40-43-46-50-54-58-62-66-70-76(81)75(74-80)79-77(82)71-67-63-59-55-51-47-44-41-38-36-34-32-30-28-26-24-22-21-23-25-27-29-31-33-35-37-39-42-45-49-53-57-61-65-69-73-84-78(83)72-68-64-60-56-52-48-18-16-14-12-10-8-6-4-2/h75-76,80-81H,3-74H2,1-2H3,(H,79,82). The second-order valence-corrected chi connectivity index (χ2v) is 27.4. The second kappa shape index (κ2) is 74.3. The molecule has 0 aromatic heterocycles. The number of esters is 1. The number of ether oxygens (including phenoxy) is 1. The SMILES string of the molecule is CCCCCCCCCCCCCCCCCCCCC(O)C(CO)NC(=O)CCCCCCCCCCCCCCCCCCCCCCCCCCCCCCCCCCCCCOC(=O)CCCCCCCCCCCCCCCC. The molecule has 502 valence electrons. The van der Waals surface area contributed by atoms with E-state index in [0.717, 1.165) is 38.5 Å². The van der Waals surface area contributed by atoms with Crippen LogP contribution in [-0.2, 0) is 14.3 Å². The minimum absolute atomic E-state index is 0.0244. The highest BCUT2D eigenvalue weighted by molar-refractivity contribution is 5.76. The van der Waals surface area contributed by atoms with E-state index < -0.39 is 12.1 Å². The average molecular weight is 1190 g/mol. The monoisotopic (exact) mass is 1190 g/mol. The highest BCUT2D eigenvalue weighted by atomic mass is 16.5. The quantitative estimate of drug-likeness (QED) is 0.0417. The molecule has 0 spiro atoms. The fourth-order valence-electron chi connectivity index (χ4n) is 12.9. The number of rotatable bonds is 75. The van der Waals surface area contributed by atoms with Crippen LogP contribution in [0.25, 0.3) is 0 Å². The van der Waals surface area contributed by atoms with E-state index in [4.69, 9.17) is 4.74 Å². The minimum atomic E-state index is -0.660. The van der Waals surface area contributed by atoms with Crippen LogP contribution in [0.3, 0.4) is 0 Å². The summed E-state index contributed by atoms with van der Waals surface area (Å²) >= 11 is 0. The summed E-state index contributed by atoms with van der Waals surface area (Å²) in [6.07, 6.45) is 92.0. The molecule has 0 heterocycles. The summed E-state index contributed by atoms with van der Waals surface area (Å²) in [7, 11) is 0. The van der Waals surface area contributed by atoms with E-state index in [-0.39, 0.29) is 18.5 Å². The number of nitrogens with one attached hydrogen (secondary N) is 1. The number of unbranched alkanes of at least 4 members (excludes halogenated alkanes) is 64. The molecule has 0 saturated heterocycles. The van der Waals surface area contributed by atoms with Crippen molar-refractivity contribution in [2.24, 2.45) is 0 Å². The summed E-state index contributed by atoms with van der Waals surface area (Å²) in [6.45, 7) is 5.01. The zero-order valence-corrected chi connectivity index (χ0v) is 57.7. The van der Waals surface area contributed by atoms with Crippen LogP contribution in [0.4, 0.5) is 0 Å². The molecule has 0 aliphatic rings. The number of carbonyl (C=O) groups is 2. The van der Waals surface area contributed by atoms with Gasteiger partial charge in [-0.1, -0.05) is 425 Å². The van der Waals surface area contributed by atoms with Gasteiger partial charge in [0.1, 0.15) is 0 Å². The highest BCUT2D eigenvalue weighted by Crippen LogP contribution is 2.21. The van der Waals surface area contributed by atoms with E-state index in [9.17, 15) is 19.8 Å². The van der Waals surface area contributed by atoms with Crippen molar-refractivity contribution in [2.45, 2.75) is 475 Å². The Bertz CT molecular complexity index is 1230. The molecule has 0 bridgehead atoms. The van der Waals surface area contributed by atoms with Gasteiger partial charge < -0.3 is 20.3 Å². The molecule has 0 saturated carbocycles. The molecule has 0 aromatic rings. The molecular weight excluding hydrogens is 1030 g/mol. The number of amides is 1. The molecule has 84 heavy (non-hydrogen) atoms. The Balaban J connectivity index is 3.29. The Morgan fingerprint density at radius 2 is 0.488 bits per heavy atom. The Labute approximate surface area is 527 Å². The third-order valence-electron chi connectivity index (χ3n) is 18.9. The van der Waals surface area contributed by atoms with Crippen LogP contribution in [-0.4, -0.2) is 47.4 Å². The van der Waals surface area contributed by atoms with Crippen LogP contribution in [0.5, 0.6) is 0 Å². The van der Waals surface area contributed by atoms with Crippen molar-refractivity contribution in [1.82, 2.24) is 5.32 Å². The van der Waals surface area contributed by atoms with Crippen LogP contribution in [0.2, 0.25) is 0 Å². The predicted octanol–water partition coefficient (Wildman–Crippen LogP) is 25.7. The van der Waals surface area contributed by atoms with Crippen molar-refractivity contribution in [3.05, 3.63) is 0 Å². The van der Waals surface area contributed by atoms with E-state index in [1.807, 2.05) is 0 Å². The number of hydrogen-bond donors (Lipinski definition) is 3. The molecule has 0 aromatic carbocycles. The summed E-state index contributed by atoms with van der Waals surface area (Å²) in [6, 6.07) is -0.537. The van der Waals surface area contributed by atoms with Crippen LogP contribution in [0.15, 0.2) is 0 Å². The Kier molecular flexibility index (Phi) is 73.3. The molecule has 6 heteroatoms. The van der Waals surface area contributed by atoms with Crippen molar-refractivity contribution in [2.75, 3.05) is 13.2 Å². The van der Waals surface area contributed by atoms with Crippen molar-refractivity contribution in [3.63, 3.8) is 0 Å². The molecule has 0 fully saturated rings. The van der Waals surface area contributed by atoms with E-state index in [0.29, 0.717) is 25.9 Å². The lowest BCUT2D eigenvalue weighted by Gasteiger charge is -2.22. The normalized spacial score (nSPS) is 12.4. The highest BCUT2D eigenvalue weighted by Gasteiger charge is 2.20. The van der Waals surface area contributed by atoms with Crippen molar-refractivity contribution in [1.29, 1.82) is 0 Å². The minimum Gasteiger partial charge on any atom is -0.466 e. The van der Waals surface area contributed by atoms with Gasteiger partial charge in [0, 0.05) is 12.8 Å². The average Bonchev–Trinajstić information content (AvgIpc) is 3.52. The number of aliphatic hydroxyl groups excluding tert-OH is 2. The summed E-state index contributed by atoms with van der Waals surface area (Å²) < 4.78 is 5.50. The van der Waals surface area contributed by atoms with Gasteiger partial charge in [0.15, 0.2) is 0 Å². The van der Waals surface area contributed by atoms with Crippen molar-refractivity contribution in [3.8, 4) is 0 Å². The largest absolute Gasteiger partial charge is 0.466 e. The lowest BCUT2D eigenvalue weighted by molar-refractivity contribution is -0.143. The molecule has 6 nitrogen and oxygen atoms in total. The lowest BCUT2D eigenvalue weighted by atomic mass is 10.0. The summed E-state index contributed by atoms with van der Waals surface area (Å²) in [5, 5.41) is 23.4. The first-order valence-electron chi connectivity index (χ1n) is 39.3. The number of carbonyl (C=O) groups excluding carboxylic acids is 2. The molecular formula is C78H155NO5. The first-order chi connectivity index (χ1) is 41.5. The van der Waals surface area contributed by atoms with Crippen molar-refractivity contribution >= 4 is 11.9 Å². The van der Waals surface area contributed by atoms with Crippen LogP contribution >= 0.6 is 0 Å². The Hall–Kier alpha value is -1.14. The first-order valence-corrected chi connectivity index (χ1v) is 39.3. The van der Waals surface area contributed by atoms with E-state index in [1.54, 1.807) is 0 Å². The maximum atomic E-state index is 12.5. The molecule has 2 unspecified atom stereocenters. The molecule has 0 aliphatic carbocycles. The molecule has 1 amide bonds. The van der Waals surface area contributed by atoms with E-state index in [2.05, 4.69) is 19.2 Å². The van der Waals surface area contributed by atoms with Gasteiger partial charge in [-0.25, -0.2) is 0 Å². The smallest absolute Gasteiger partial charge is 0.305 e. The summed E-state index contributed by atoms with van der Waals surface area (Å²) in [4.78, 5) is 24.6. The van der Waals surface area contributed by atoms with Crippen LogP contribution in [0.1, 0.15) is 463 Å². The zero-order valence-electron chi connectivity index (χ0n) is 57.7. The fourth-order valence-corrected chi connectivity index (χ4v) is 12.9. The van der Waals surface area contributed by atoms with Gasteiger partial charge in [-0.2, -0.15) is 0 Å². The van der Waals surface area contributed by atoms with Gasteiger partial charge >= 0.3 is 5.97 Å². The van der Waals surface area contributed by atoms with Gasteiger partial charge in [0.2, 0.25) is 5.91 Å². The van der Waals surface area contributed by atoms with E-state index in [1.165, 1.54) is 392 Å². The molecule has 0 radical (unpaired) electrons.